The molecule has 0 atom stereocenters. The fourth-order valence-corrected chi connectivity index (χ4v) is 1.62. The molecule has 0 spiro atoms. The Morgan fingerprint density at radius 3 is 2.86 bits per heavy atom. The third kappa shape index (κ3) is 2.91. The van der Waals surface area contributed by atoms with E-state index in [1.54, 1.807) is 4.98 Å². The maximum absolute atomic E-state index is 13.0. The molecule has 2 aromatic heterocycles. The largest absolute Gasteiger partial charge is 0.434 e. The number of aromatic amines is 1. The lowest BCUT2D eigenvalue weighted by molar-refractivity contribution is -0.396. The molecule has 2 rings (SSSR count). The number of imidazole rings is 1. The van der Waals surface area contributed by atoms with Crippen molar-refractivity contribution < 1.29 is 14.1 Å². The van der Waals surface area contributed by atoms with E-state index in [9.17, 15) is 28.9 Å². The van der Waals surface area contributed by atoms with Gasteiger partial charge in [-0.15, -0.1) is 0 Å². The summed E-state index contributed by atoms with van der Waals surface area (Å²) in [4.78, 5) is 49.0. The van der Waals surface area contributed by atoms with Gasteiger partial charge in [-0.3, -0.25) is 14.6 Å². The van der Waals surface area contributed by atoms with Crippen molar-refractivity contribution in [1.29, 1.82) is 0 Å². The first-order chi connectivity index (χ1) is 9.90. The lowest BCUT2D eigenvalue weighted by atomic mass is 10.4. The Morgan fingerprint density at radius 1 is 1.48 bits per heavy atom. The second-order valence-corrected chi connectivity index (χ2v) is 3.93. The highest BCUT2D eigenvalue weighted by Crippen LogP contribution is 2.08. The van der Waals surface area contributed by atoms with Crippen molar-refractivity contribution in [1.82, 2.24) is 19.1 Å². The summed E-state index contributed by atoms with van der Waals surface area (Å²) in [6, 6.07) is 0. The van der Waals surface area contributed by atoms with E-state index < -0.39 is 33.8 Å². The minimum atomic E-state index is -1.28. The predicted molar refractivity (Wildman–Crippen MR) is 65.4 cm³/mol. The average molecular weight is 297 g/mol. The number of carbonyl (C=O) groups excluding carboxylic acids is 1. The molecule has 2 heterocycles. The van der Waals surface area contributed by atoms with Gasteiger partial charge in [0.1, 0.15) is 12.4 Å². The molecule has 0 saturated carbocycles. The number of nitrogens with one attached hydrogen (secondary N) is 1. The Balaban J connectivity index is 2.18. The molecule has 110 valence electrons. The van der Waals surface area contributed by atoms with Crippen molar-refractivity contribution in [2.75, 3.05) is 0 Å². The van der Waals surface area contributed by atoms with Gasteiger partial charge in [0.25, 0.3) is 5.56 Å². The van der Waals surface area contributed by atoms with Crippen molar-refractivity contribution in [3.05, 3.63) is 55.4 Å². The third-order valence-electron chi connectivity index (χ3n) is 2.59. The molecule has 0 aromatic carbocycles. The molecule has 0 bridgehead atoms. The van der Waals surface area contributed by atoms with Crippen LogP contribution < -0.4 is 11.2 Å². The Kier molecular flexibility index (Phi) is 3.73. The molecule has 0 aliphatic carbocycles. The first-order valence-corrected chi connectivity index (χ1v) is 5.60. The van der Waals surface area contributed by atoms with Crippen molar-refractivity contribution in [3.8, 4) is 0 Å². The highest BCUT2D eigenvalue weighted by atomic mass is 19.1. The standard InChI is InChI=1S/C10H8FN5O5/c11-6-5-15(10(19)13-8(6)18)7(17)1-3-14-4-2-12-9(14)16(20)21/h2,4-5H,1,3H2,(H,13,18,19). The number of rotatable bonds is 4. The van der Waals surface area contributed by atoms with Gasteiger partial charge in [0, 0.05) is 0 Å². The number of nitrogens with zero attached hydrogens (tertiary/aromatic N) is 4. The van der Waals surface area contributed by atoms with Crippen LogP contribution in [0, 0.1) is 15.9 Å². The number of halogens is 1. The summed E-state index contributed by atoms with van der Waals surface area (Å²) in [6.07, 6.45) is 2.64. The van der Waals surface area contributed by atoms with E-state index >= 15 is 0 Å². The molecule has 10 nitrogen and oxygen atoms in total. The first kappa shape index (κ1) is 14.3. The second kappa shape index (κ2) is 5.48. The SMILES string of the molecule is O=C(CCn1ccnc1[N+](=O)[O-])n1cc(F)c(=O)[nH]c1=O. The highest BCUT2D eigenvalue weighted by molar-refractivity contribution is 5.78. The molecule has 0 saturated heterocycles. The molecule has 21 heavy (non-hydrogen) atoms. The van der Waals surface area contributed by atoms with Crippen LogP contribution in [-0.2, 0) is 6.54 Å². The van der Waals surface area contributed by atoms with Crippen molar-refractivity contribution >= 4 is 11.9 Å². The Bertz CT molecular complexity index is 820. The van der Waals surface area contributed by atoms with E-state index in [4.69, 9.17) is 0 Å². The van der Waals surface area contributed by atoms with Crippen LogP contribution in [0.4, 0.5) is 10.3 Å². The van der Waals surface area contributed by atoms with Crippen LogP contribution in [0.3, 0.4) is 0 Å². The quantitative estimate of drug-likeness (QED) is 0.598. The van der Waals surface area contributed by atoms with Crippen LogP contribution in [0.1, 0.15) is 11.2 Å². The van der Waals surface area contributed by atoms with Gasteiger partial charge in [-0.25, -0.2) is 13.9 Å². The van der Waals surface area contributed by atoms with Crippen molar-refractivity contribution in [2.45, 2.75) is 13.0 Å². The summed E-state index contributed by atoms with van der Waals surface area (Å²) < 4.78 is 14.5. The molecule has 0 fully saturated rings. The zero-order chi connectivity index (χ0) is 15.6. The minimum absolute atomic E-state index is 0.123. The van der Waals surface area contributed by atoms with Gasteiger partial charge < -0.3 is 10.1 Å². The summed E-state index contributed by atoms with van der Waals surface area (Å²) in [5, 5.41) is 10.6. The maximum atomic E-state index is 13.0. The van der Waals surface area contributed by atoms with E-state index in [2.05, 4.69) is 4.98 Å². The number of hydrogen-bond donors (Lipinski definition) is 1. The number of aromatic nitrogens is 4. The second-order valence-electron chi connectivity index (χ2n) is 3.93. The first-order valence-electron chi connectivity index (χ1n) is 5.60. The van der Waals surface area contributed by atoms with Crippen LogP contribution in [0.25, 0.3) is 0 Å². The summed E-state index contributed by atoms with van der Waals surface area (Å²) in [5.74, 6) is -2.56. The lowest BCUT2D eigenvalue weighted by Crippen LogP contribution is -2.35. The van der Waals surface area contributed by atoms with Crippen molar-refractivity contribution in [3.63, 3.8) is 0 Å². The van der Waals surface area contributed by atoms with E-state index in [0.29, 0.717) is 10.8 Å². The topological polar surface area (TPSA) is 133 Å². The van der Waals surface area contributed by atoms with Crippen LogP contribution in [0.2, 0.25) is 0 Å². The smallest absolute Gasteiger partial charge is 0.390 e. The molecule has 0 amide bonds. The van der Waals surface area contributed by atoms with Gasteiger partial charge in [0.15, 0.2) is 0 Å². The molecule has 0 aliphatic heterocycles. The fraction of sp³-hybridized carbons (Fsp3) is 0.200. The zero-order valence-corrected chi connectivity index (χ0v) is 10.4. The lowest BCUT2D eigenvalue weighted by Gasteiger charge is -2.04. The van der Waals surface area contributed by atoms with Gasteiger partial charge in [0.05, 0.1) is 19.2 Å². The van der Waals surface area contributed by atoms with E-state index in [0.717, 1.165) is 4.57 Å². The number of aryl methyl sites for hydroxylation is 1. The summed E-state index contributed by atoms with van der Waals surface area (Å²) >= 11 is 0. The van der Waals surface area contributed by atoms with Gasteiger partial charge in [-0.1, -0.05) is 4.98 Å². The van der Waals surface area contributed by atoms with E-state index in [1.807, 2.05) is 0 Å². The monoisotopic (exact) mass is 297 g/mol. The number of nitro groups is 1. The van der Waals surface area contributed by atoms with Crippen molar-refractivity contribution in [2.24, 2.45) is 0 Å². The van der Waals surface area contributed by atoms with E-state index in [1.165, 1.54) is 12.4 Å². The maximum Gasteiger partial charge on any atom is 0.434 e. The summed E-state index contributed by atoms with van der Waals surface area (Å²) in [6.45, 7) is -0.123. The van der Waals surface area contributed by atoms with Gasteiger partial charge in [-0.2, -0.15) is 4.39 Å². The molecule has 2 aromatic rings. The number of hydrogen-bond acceptors (Lipinski definition) is 6. The minimum Gasteiger partial charge on any atom is -0.390 e. The molecule has 0 radical (unpaired) electrons. The molecule has 0 aliphatic rings. The number of carbonyl (C=O) groups is 1. The Hall–Kier alpha value is -3.11. The van der Waals surface area contributed by atoms with Gasteiger partial charge in [0.2, 0.25) is 11.7 Å². The molecule has 11 heteroatoms. The molecule has 1 N–H and O–H groups in total. The molecular formula is C10H8FN5O5. The Morgan fingerprint density at radius 2 is 2.19 bits per heavy atom. The van der Waals surface area contributed by atoms with Gasteiger partial charge >= 0.3 is 11.6 Å². The average Bonchev–Trinajstić information content (AvgIpc) is 2.88. The van der Waals surface area contributed by atoms with Crippen LogP contribution in [-0.4, -0.2) is 29.9 Å². The predicted octanol–water partition coefficient (Wildman–Crippen LogP) is -0.489. The summed E-state index contributed by atoms with van der Waals surface area (Å²) in [7, 11) is 0. The third-order valence-corrected chi connectivity index (χ3v) is 2.59. The van der Waals surface area contributed by atoms with Crippen LogP contribution in [0.5, 0.6) is 0 Å². The molecule has 0 unspecified atom stereocenters. The van der Waals surface area contributed by atoms with E-state index in [-0.39, 0.29) is 13.0 Å². The normalized spacial score (nSPS) is 10.5. The van der Waals surface area contributed by atoms with Crippen LogP contribution in [0.15, 0.2) is 28.2 Å². The zero-order valence-electron chi connectivity index (χ0n) is 10.4. The Labute approximate surface area is 114 Å². The van der Waals surface area contributed by atoms with Gasteiger partial charge in [-0.05, 0) is 4.92 Å². The molecular weight excluding hydrogens is 289 g/mol. The highest BCUT2D eigenvalue weighted by Gasteiger charge is 2.17. The fourth-order valence-electron chi connectivity index (χ4n) is 1.62. The number of H-pyrrole nitrogens is 1. The van der Waals surface area contributed by atoms with Crippen LogP contribution >= 0.6 is 0 Å². The summed E-state index contributed by atoms with van der Waals surface area (Å²) in [5.41, 5.74) is -2.30.